The van der Waals surface area contributed by atoms with Crippen molar-refractivity contribution >= 4 is 5.91 Å². The van der Waals surface area contributed by atoms with Gasteiger partial charge in [0, 0.05) is 43.9 Å². The highest BCUT2D eigenvalue weighted by molar-refractivity contribution is 5.94. The molecule has 0 radical (unpaired) electrons. The Hall–Kier alpha value is -3.15. The van der Waals surface area contributed by atoms with Crippen LogP contribution in [0.15, 0.2) is 78.9 Å². The number of carbonyl (C=O) groups is 1. The summed E-state index contributed by atoms with van der Waals surface area (Å²) in [7, 11) is 1.64. The van der Waals surface area contributed by atoms with Crippen molar-refractivity contribution in [3.05, 3.63) is 101 Å². The molecule has 1 fully saturated rings. The molecular weight excluding hydrogens is 412 g/mol. The van der Waals surface area contributed by atoms with E-state index in [2.05, 4.69) is 65.6 Å². The highest BCUT2D eigenvalue weighted by Crippen LogP contribution is 2.30. The van der Waals surface area contributed by atoms with Gasteiger partial charge in [0.2, 0.25) is 0 Å². The molecule has 1 heterocycles. The summed E-state index contributed by atoms with van der Waals surface area (Å²) >= 11 is 0. The van der Waals surface area contributed by atoms with E-state index < -0.39 is 0 Å². The maximum atomic E-state index is 13.3. The first kappa shape index (κ1) is 23.0. The number of methoxy groups -OCH3 is 1. The summed E-state index contributed by atoms with van der Waals surface area (Å²) in [6, 6.07) is 27.0. The lowest BCUT2D eigenvalue weighted by Crippen LogP contribution is -2.49. The third-order valence-corrected chi connectivity index (χ3v) is 6.19. The van der Waals surface area contributed by atoms with E-state index in [4.69, 9.17) is 9.47 Å². The van der Waals surface area contributed by atoms with Crippen LogP contribution in [0.3, 0.4) is 0 Å². The molecule has 0 spiro atoms. The van der Waals surface area contributed by atoms with Gasteiger partial charge in [-0.1, -0.05) is 60.7 Å². The van der Waals surface area contributed by atoms with E-state index in [9.17, 15) is 4.79 Å². The summed E-state index contributed by atoms with van der Waals surface area (Å²) in [5.41, 5.74) is 4.14. The molecule has 33 heavy (non-hydrogen) atoms. The monoisotopic (exact) mass is 444 g/mol. The topological polar surface area (TPSA) is 42.0 Å². The van der Waals surface area contributed by atoms with Gasteiger partial charge in [-0.3, -0.25) is 9.69 Å². The quantitative estimate of drug-likeness (QED) is 0.502. The first-order valence-electron chi connectivity index (χ1n) is 11.6. The van der Waals surface area contributed by atoms with Crippen LogP contribution in [0.5, 0.6) is 5.75 Å². The second kappa shape index (κ2) is 11.1. The average molecular weight is 445 g/mol. The van der Waals surface area contributed by atoms with Crippen LogP contribution in [0.1, 0.15) is 40.0 Å². The molecule has 4 rings (SSSR count). The van der Waals surface area contributed by atoms with Gasteiger partial charge in [0.1, 0.15) is 5.75 Å². The van der Waals surface area contributed by atoms with Crippen LogP contribution >= 0.6 is 0 Å². The highest BCUT2D eigenvalue weighted by Gasteiger charge is 2.28. The Morgan fingerprint density at radius 2 is 1.48 bits per heavy atom. The number of hydrogen-bond donors (Lipinski definition) is 0. The molecule has 0 aromatic heterocycles. The van der Waals surface area contributed by atoms with E-state index in [-0.39, 0.29) is 11.9 Å². The summed E-state index contributed by atoms with van der Waals surface area (Å²) < 4.78 is 11.0. The van der Waals surface area contributed by atoms with Crippen LogP contribution in [-0.4, -0.2) is 55.6 Å². The number of hydrogen-bond acceptors (Lipinski definition) is 4. The number of ether oxygens (including phenoxy) is 2. The molecule has 3 aromatic rings. The van der Waals surface area contributed by atoms with Gasteiger partial charge < -0.3 is 14.4 Å². The van der Waals surface area contributed by atoms with Crippen LogP contribution in [0.25, 0.3) is 0 Å². The molecule has 5 heteroatoms. The number of rotatable bonds is 8. The predicted octanol–water partition coefficient (Wildman–Crippen LogP) is 4.78. The molecular formula is C28H32N2O3. The molecule has 1 aliphatic heterocycles. The van der Waals surface area contributed by atoms with Crippen LogP contribution in [0, 0.1) is 0 Å². The molecule has 0 aliphatic carbocycles. The first-order valence-corrected chi connectivity index (χ1v) is 11.6. The molecule has 5 nitrogen and oxygen atoms in total. The second-order valence-electron chi connectivity index (χ2n) is 8.22. The Morgan fingerprint density at radius 1 is 0.879 bits per heavy atom. The average Bonchev–Trinajstić information content (AvgIpc) is 2.88. The Kier molecular flexibility index (Phi) is 7.76. The zero-order valence-corrected chi connectivity index (χ0v) is 19.4. The fraction of sp³-hybridized carbons (Fsp3) is 0.321. The maximum absolute atomic E-state index is 13.3. The van der Waals surface area contributed by atoms with Gasteiger partial charge in [0.15, 0.2) is 0 Å². The van der Waals surface area contributed by atoms with Crippen LogP contribution in [0.2, 0.25) is 0 Å². The molecule has 0 unspecified atom stereocenters. The number of carbonyl (C=O) groups excluding carboxylic acids is 1. The Labute approximate surface area is 196 Å². The van der Waals surface area contributed by atoms with Crippen molar-refractivity contribution < 1.29 is 14.3 Å². The van der Waals surface area contributed by atoms with Gasteiger partial charge in [0.05, 0.1) is 19.8 Å². The Balaban J connectivity index is 1.48. The SMILES string of the molecule is CCOCc1cc(C(=O)N2CCN(C(c3ccccc3)c3ccccc3)CC2)ccc1OC. The van der Waals surface area contributed by atoms with Crippen molar-refractivity contribution in [1.82, 2.24) is 9.80 Å². The van der Waals surface area contributed by atoms with Crippen molar-refractivity contribution in [3.8, 4) is 5.75 Å². The molecule has 1 saturated heterocycles. The van der Waals surface area contributed by atoms with Gasteiger partial charge in [-0.25, -0.2) is 0 Å². The van der Waals surface area contributed by atoms with Gasteiger partial charge >= 0.3 is 0 Å². The highest BCUT2D eigenvalue weighted by atomic mass is 16.5. The largest absolute Gasteiger partial charge is 0.496 e. The lowest BCUT2D eigenvalue weighted by Gasteiger charge is -2.40. The first-order chi connectivity index (χ1) is 16.2. The lowest BCUT2D eigenvalue weighted by atomic mass is 9.96. The fourth-order valence-corrected chi connectivity index (χ4v) is 4.49. The standard InChI is InChI=1S/C28H32N2O3/c1-3-33-21-25-20-24(14-15-26(25)32-2)28(31)30-18-16-29(17-19-30)27(22-10-6-4-7-11-22)23-12-8-5-9-13-23/h4-15,20,27H,3,16-19,21H2,1-2H3. The zero-order chi connectivity index (χ0) is 23.0. The van der Waals surface area contributed by atoms with E-state index in [1.807, 2.05) is 30.0 Å². The molecule has 3 aromatic carbocycles. The van der Waals surface area contributed by atoms with E-state index in [1.165, 1.54) is 11.1 Å². The van der Waals surface area contributed by atoms with Crippen molar-refractivity contribution in [1.29, 1.82) is 0 Å². The van der Waals surface area contributed by atoms with Crippen LogP contribution < -0.4 is 4.74 Å². The van der Waals surface area contributed by atoms with Gasteiger partial charge in [-0.15, -0.1) is 0 Å². The Bertz CT molecular complexity index is 992. The van der Waals surface area contributed by atoms with Gasteiger partial charge in [0.25, 0.3) is 5.91 Å². The molecule has 1 aliphatic rings. The number of piperazine rings is 1. The summed E-state index contributed by atoms with van der Waals surface area (Å²) in [6.07, 6.45) is 0. The summed E-state index contributed by atoms with van der Waals surface area (Å²) in [6.45, 7) is 6.05. The normalized spacial score (nSPS) is 14.5. The number of amides is 1. The summed E-state index contributed by atoms with van der Waals surface area (Å²) in [4.78, 5) is 17.7. The minimum absolute atomic E-state index is 0.0611. The Morgan fingerprint density at radius 3 is 2.03 bits per heavy atom. The van der Waals surface area contributed by atoms with E-state index in [1.54, 1.807) is 7.11 Å². The molecule has 1 amide bonds. The van der Waals surface area contributed by atoms with E-state index in [0.29, 0.717) is 31.9 Å². The molecule has 172 valence electrons. The number of nitrogens with zero attached hydrogens (tertiary/aromatic N) is 2. The summed E-state index contributed by atoms with van der Waals surface area (Å²) in [5.74, 6) is 0.810. The van der Waals surface area contributed by atoms with Crippen molar-refractivity contribution in [2.24, 2.45) is 0 Å². The van der Waals surface area contributed by atoms with E-state index >= 15 is 0 Å². The molecule has 0 N–H and O–H groups in total. The fourth-order valence-electron chi connectivity index (χ4n) is 4.49. The minimum Gasteiger partial charge on any atom is -0.496 e. The predicted molar refractivity (Wildman–Crippen MR) is 131 cm³/mol. The number of benzene rings is 3. The van der Waals surface area contributed by atoms with Crippen molar-refractivity contribution in [2.75, 3.05) is 39.9 Å². The zero-order valence-electron chi connectivity index (χ0n) is 19.4. The van der Waals surface area contributed by atoms with Gasteiger partial charge in [-0.05, 0) is 36.2 Å². The lowest BCUT2D eigenvalue weighted by molar-refractivity contribution is 0.0597. The van der Waals surface area contributed by atoms with E-state index in [0.717, 1.165) is 24.4 Å². The summed E-state index contributed by atoms with van der Waals surface area (Å²) in [5, 5.41) is 0. The molecule has 0 atom stereocenters. The van der Waals surface area contributed by atoms with Gasteiger partial charge in [-0.2, -0.15) is 0 Å². The van der Waals surface area contributed by atoms with Crippen molar-refractivity contribution in [3.63, 3.8) is 0 Å². The second-order valence-corrected chi connectivity index (χ2v) is 8.22. The third-order valence-electron chi connectivity index (χ3n) is 6.19. The molecule has 0 bridgehead atoms. The van der Waals surface area contributed by atoms with Crippen LogP contribution in [-0.2, 0) is 11.3 Å². The molecule has 0 saturated carbocycles. The minimum atomic E-state index is 0.0611. The third kappa shape index (κ3) is 5.44. The smallest absolute Gasteiger partial charge is 0.253 e. The maximum Gasteiger partial charge on any atom is 0.253 e. The van der Waals surface area contributed by atoms with Crippen LogP contribution in [0.4, 0.5) is 0 Å². The van der Waals surface area contributed by atoms with Crippen molar-refractivity contribution in [2.45, 2.75) is 19.6 Å².